The van der Waals surface area contributed by atoms with E-state index in [2.05, 4.69) is 15.5 Å². The van der Waals surface area contributed by atoms with Gasteiger partial charge in [-0.3, -0.25) is 4.79 Å². The van der Waals surface area contributed by atoms with Crippen LogP contribution in [0.3, 0.4) is 0 Å². The Hall–Kier alpha value is -2.18. The number of carbonyl (C=O) groups is 1. The molecule has 0 spiro atoms. The van der Waals surface area contributed by atoms with Gasteiger partial charge in [0.1, 0.15) is 5.76 Å². The fourth-order valence-electron chi connectivity index (χ4n) is 1.99. The summed E-state index contributed by atoms with van der Waals surface area (Å²) in [6, 6.07) is 1.48. The van der Waals surface area contributed by atoms with Gasteiger partial charge >= 0.3 is 5.97 Å². The van der Waals surface area contributed by atoms with E-state index in [-0.39, 0.29) is 18.4 Å². The number of hydrogen-bond donors (Lipinski definition) is 1. The molecule has 0 saturated carbocycles. The quantitative estimate of drug-likeness (QED) is 0.886. The average molecular weight is 264 g/mol. The van der Waals surface area contributed by atoms with Crippen molar-refractivity contribution in [2.45, 2.75) is 33.2 Å². The highest BCUT2D eigenvalue weighted by molar-refractivity contribution is 5.67. The molecule has 0 aliphatic heterocycles. The number of aryl methyl sites for hydroxylation is 1. The van der Waals surface area contributed by atoms with Gasteiger partial charge in [0.15, 0.2) is 5.82 Å². The second kappa shape index (κ2) is 5.21. The van der Waals surface area contributed by atoms with E-state index in [0.29, 0.717) is 11.6 Å². The zero-order valence-electron chi connectivity index (χ0n) is 11.1. The van der Waals surface area contributed by atoms with Gasteiger partial charge < -0.3 is 9.52 Å². The van der Waals surface area contributed by atoms with E-state index in [0.717, 1.165) is 5.56 Å². The Morgan fingerprint density at radius 3 is 2.79 bits per heavy atom. The van der Waals surface area contributed by atoms with Gasteiger partial charge in [0.05, 0.1) is 24.3 Å². The van der Waals surface area contributed by atoms with Crippen LogP contribution < -0.4 is 0 Å². The van der Waals surface area contributed by atoms with Crippen LogP contribution in [0.15, 0.2) is 16.7 Å². The van der Waals surface area contributed by atoms with Crippen LogP contribution in [0.25, 0.3) is 11.4 Å². The Morgan fingerprint density at radius 1 is 1.53 bits per heavy atom. The van der Waals surface area contributed by atoms with Gasteiger partial charge in [-0.25, -0.2) is 4.68 Å². The molecule has 0 fully saturated rings. The predicted molar refractivity (Wildman–Crippen MR) is 66.4 cm³/mol. The summed E-state index contributed by atoms with van der Waals surface area (Å²) < 4.78 is 6.81. The summed E-state index contributed by atoms with van der Waals surface area (Å²) in [6.45, 7) is 5.71. The lowest BCUT2D eigenvalue weighted by molar-refractivity contribution is -0.138. The third kappa shape index (κ3) is 2.64. The standard InChI is InChI=1S/C12H16N4O3/c1-7(2)10(6-11(17)18)16-12(13-14-15-16)9-4-5-19-8(9)3/h4-5,7,10H,6H2,1-3H3,(H,17,18). The maximum Gasteiger partial charge on any atom is 0.305 e. The number of furan rings is 1. The minimum absolute atomic E-state index is 0.0212. The molecule has 1 N–H and O–H groups in total. The third-order valence-corrected chi connectivity index (χ3v) is 3.06. The molecule has 0 radical (unpaired) electrons. The fraction of sp³-hybridized carbons (Fsp3) is 0.500. The summed E-state index contributed by atoms with van der Waals surface area (Å²) in [5, 5.41) is 20.6. The second-order valence-electron chi connectivity index (χ2n) is 4.75. The molecule has 0 aliphatic carbocycles. The lowest BCUT2D eigenvalue weighted by Crippen LogP contribution is -2.21. The molecule has 0 amide bonds. The van der Waals surface area contributed by atoms with E-state index in [4.69, 9.17) is 9.52 Å². The Labute approximate surface area is 110 Å². The Balaban J connectivity index is 2.42. The first-order valence-electron chi connectivity index (χ1n) is 6.04. The van der Waals surface area contributed by atoms with Gasteiger partial charge in [-0.15, -0.1) is 5.10 Å². The smallest absolute Gasteiger partial charge is 0.305 e. The lowest BCUT2D eigenvalue weighted by atomic mass is 10.0. The highest BCUT2D eigenvalue weighted by Crippen LogP contribution is 2.28. The molecule has 0 saturated heterocycles. The van der Waals surface area contributed by atoms with Crippen molar-refractivity contribution < 1.29 is 14.3 Å². The number of tetrazole rings is 1. The number of carboxylic acids is 1. The molecule has 2 rings (SSSR count). The zero-order chi connectivity index (χ0) is 14.0. The molecule has 1 atom stereocenters. The van der Waals surface area contributed by atoms with E-state index in [1.165, 1.54) is 0 Å². The van der Waals surface area contributed by atoms with Crippen LogP contribution in [0, 0.1) is 12.8 Å². The first kappa shape index (κ1) is 13.3. The lowest BCUT2D eigenvalue weighted by Gasteiger charge is -2.19. The van der Waals surface area contributed by atoms with Gasteiger partial charge in [-0.2, -0.15) is 0 Å². The summed E-state index contributed by atoms with van der Waals surface area (Å²) in [4.78, 5) is 11.0. The maximum atomic E-state index is 11.0. The Kier molecular flexibility index (Phi) is 3.64. The van der Waals surface area contributed by atoms with E-state index in [1.807, 2.05) is 20.8 Å². The van der Waals surface area contributed by atoms with Crippen molar-refractivity contribution in [3.05, 3.63) is 18.1 Å². The van der Waals surface area contributed by atoms with Gasteiger partial charge in [0, 0.05) is 0 Å². The van der Waals surface area contributed by atoms with Gasteiger partial charge in [0.25, 0.3) is 0 Å². The molecule has 0 aliphatic rings. The topological polar surface area (TPSA) is 94.0 Å². The number of hydrogen-bond acceptors (Lipinski definition) is 5. The predicted octanol–water partition coefficient (Wildman–Crippen LogP) is 1.91. The zero-order valence-corrected chi connectivity index (χ0v) is 11.1. The fourth-order valence-corrected chi connectivity index (χ4v) is 1.99. The van der Waals surface area contributed by atoms with Crippen LogP contribution in [0.2, 0.25) is 0 Å². The van der Waals surface area contributed by atoms with Crippen molar-refractivity contribution in [3.8, 4) is 11.4 Å². The van der Waals surface area contributed by atoms with Crippen LogP contribution in [0.5, 0.6) is 0 Å². The van der Waals surface area contributed by atoms with Gasteiger partial charge in [0.2, 0.25) is 0 Å². The minimum Gasteiger partial charge on any atom is -0.481 e. The van der Waals surface area contributed by atoms with Gasteiger partial charge in [-0.05, 0) is 29.3 Å². The van der Waals surface area contributed by atoms with Crippen molar-refractivity contribution in [2.75, 3.05) is 0 Å². The Morgan fingerprint density at radius 2 is 2.26 bits per heavy atom. The normalized spacial score (nSPS) is 12.8. The molecule has 2 aromatic heterocycles. The largest absolute Gasteiger partial charge is 0.481 e. The molecular weight excluding hydrogens is 248 g/mol. The second-order valence-corrected chi connectivity index (χ2v) is 4.75. The minimum atomic E-state index is -0.871. The van der Waals surface area contributed by atoms with Crippen molar-refractivity contribution in [1.29, 1.82) is 0 Å². The molecule has 2 aromatic rings. The monoisotopic (exact) mass is 264 g/mol. The number of carboxylic acid groups (broad SMARTS) is 1. The van der Waals surface area contributed by atoms with E-state index < -0.39 is 5.97 Å². The maximum absolute atomic E-state index is 11.0. The number of aliphatic carboxylic acids is 1. The van der Waals surface area contributed by atoms with E-state index in [9.17, 15) is 4.79 Å². The molecule has 19 heavy (non-hydrogen) atoms. The van der Waals surface area contributed by atoms with Crippen LogP contribution >= 0.6 is 0 Å². The SMILES string of the molecule is Cc1occc1-c1nnnn1C(CC(=O)O)C(C)C. The highest BCUT2D eigenvalue weighted by atomic mass is 16.4. The highest BCUT2D eigenvalue weighted by Gasteiger charge is 2.25. The molecule has 102 valence electrons. The van der Waals surface area contributed by atoms with Crippen molar-refractivity contribution >= 4 is 5.97 Å². The van der Waals surface area contributed by atoms with Crippen molar-refractivity contribution in [3.63, 3.8) is 0 Å². The van der Waals surface area contributed by atoms with Gasteiger partial charge in [-0.1, -0.05) is 13.8 Å². The van der Waals surface area contributed by atoms with Crippen LogP contribution in [-0.4, -0.2) is 31.3 Å². The van der Waals surface area contributed by atoms with Crippen LogP contribution in [0.4, 0.5) is 0 Å². The molecule has 7 nitrogen and oxygen atoms in total. The first-order chi connectivity index (χ1) is 9.00. The third-order valence-electron chi connectivity index (χ3n) is 3.06. The summed E-state index contributed by atoms with van der Waals surface area (Å²) in [5.74, 6) is 0.467. The molecule has 0 bridgehead atoms. The number of nitrogens with zero attached hydrogens (tertiary/aromatic N) is 4. The number of rotatable bonds is 5. The number of aromatic nitrogens is 4. The van der Waals surface area contributed by atoms with Crippen molar-refractivity contribution in [2.24, 2.45) is 5.92 Å². The van der Waals surface area contributed by atoms with E-state index in [1.54, 1.807) is 17.0 Å². The Bertz CT molecular complexity index is 573. The summed E-state index contributed by atoms with van der Waals surface area (Å²) in [7, 11) is 0. The molecule has 2 heterocycles. The molecule has 7 heteroatoms. The summed E-state index contributed by atoms with van der Waals surface area (Å²) in [6.07, 6.45) is 1.54. The van der Waals surface area contributed by atoms with Crippen LogP contribution in [-0.2, 0) is 4.79 Å². The van der Waals surface area contributed by atoms with E-state index >= 15 is 0 Å². The van der Waals surface area contributed by atoms with Crippen molar-refractivity contribution in [1.82, 2.24) is 20.2 Å². The summed E-state index contributed by atoms with van der Waals surface area (Å²) >= 11 is 0. The molecular formula is C12H16N4O3. The summed E-state index contributed by atoms with van der Waals surface area (Å²) in [5.41, 5.74) is 0.779. The average Bonchev–Trinajstić information content (AvgIpc) is 2.93. The molecule has 0 aromatic carbocycles. The molecule has 1 unspecified atom stereocenters. The first-order valence-corrected chi connectivity index (χ1v) is 6.04. The van der Waals surface area contributed by atoms with Crippen LogP contribution in [0.1, 0.15) is 32.1 Å².